The van der Waals surface area contributed by atoms with Crippen LogP contribution in [0.4, 0.5) is 4.79 Å². The summed E-state index contributed by atoms with van der Waals surface area (Å²) in [6.45, 7) is 6.83. The lowest BCUT2D eigenvalue weighted by Crippen LogP contribution is -2.38. The summed E-state index contributed by atoms with van der Waals surface area (Å²) >= 11 is 9.52. The number of sulfonamides is 1. The minimum absolute atomic E-state index is 0.285. The van der Waals surface area contributed by atoms with Gasteiger partial charge in [-0.25, -0.2) is 17.5 Å². The fraction of sp³-hybridized carbons (Fsp3) is 0.333. The summed E-state index contributed by atoms with van der Waals surface area (Å²) in [5.74, 6) is -0.715. The Morgan fingerprint density at radius 3 is 2.23 bits per heavy atom. The minimum atomic E-state index is -3.97. The zero-order valence-corrected chi connectivity index (χ0v) is 20.5. The van der Waals surface area contributed by atoms with Gasteiger partial charge in [-0.15, -0.1) is 0 Å². The van der Waals surface area contributed by atoms with Gasteiger partial charge in [0.25, 0.3) is 0 Å². The second-order valence-electron chi connectivity index (χ2n) is 7.83. The highest BCUT2D eigenvalue weighted by Gasteiger charge is 2.28. The zero-order chi connectivity index (χ0) is 22.9. The van der Waals surface area contributed by atoms with E-state index >= 15 is 0 Å². The van der Waals surface area contributed by atoms with Crippen LogP contribution in [-0.4, -0.2) is 37.2 Å². The molecule has 2 aromatic rings. The van der Waals surface area contributed by atoms with Crippen LogP contribution in [0.25, 0.3) is 0 Å². The second kappa shape index (κ2) is 9.08. The van der Waals surface area contributed by atoms with E-state index in [1.165, 1.54) is 18.2 Å². The van der Waals surface area contributed by atoms with Crippen LogP contribution in [0, 0.1) is 6.92 Å². The van der Waals surface area contributed by atoms with Crippen molar-refractivity contribution in [3.8, 4) is 0 Å². The molecule has 2 aromatic carbocycles. The van der Waals surface area contributed by atoms with Crippen molar-refractivity contribution in [2.45, 2.75) is 39.0 Å². The lowest BCUT2D eigenvalue weighted by Gasteiger charge is -2.24. The Kier molecular flexibility index (Phi) is 7.37. The first kappa shape index (κ1) is 24.4. The van der Waals surface area contributed by atoms with Crippen LogP contribution in [0.2, 0.25) is 5.02 Å². The van der Waals surface area contributed by atoms with Gasteiger partial charge in [-0.05, 0) is 63.1 Å². The predicted octanol–water partition coefficient (Wildman–Crippen LogP) is 5.34. The van der Waals surface area contributed by atoms with Crippen LogP contribution >= 0.6 is 27.5 Å². The van der Waals surface area contributed by atoms with Crippen molar-refractivity contribution >= 4 is 49.4 Å². The van der Waals surface area contributed by atoms with E-state index in [-0.39, 0.29) is 5.78 Å². The van der Waals surface area contributed by atoms with E-state index < -0.39 is 27.5 Å². The maximum absolute atomic E-state index is 12.8. The van der Waals surface area contributed by atoms with Crippen LogP contribution in [0.1, 0.15) is 47.8 Å². The minimum Gasteiger partial charge on any atom is -0.443 e. The normalized spacial score (nSPS) is 11.8. The molecule has 2 rings (SSSR count). The van der Waals surface area contributed by atoms with Gasteiger partial charge in [0.2, 0.25) is 10.0 Å². The number of carbonyl (C=O) groups excluding carboxylic acids is 2. The first-order chi connectivity index (χ1) is 13.7. The molecule has 0 saturated heterocycles. The number of nitrogens with zero attached hydrogens (tertiary/aromatic N) is 1. The standard InChI is InChI=1S/C21H23BrClNO5S/c1-13-6-8-16(18(23)10-13)19(25)15-9-7-14(11-17(15)22)12-30(27,28)24(5)20(26)29-21(2,3)4/h6-11H,12H2,1-5H3. The summed E-state index contributed by atoms with van der Waals surface area (Å²) in [5, 5.41) is 0.345. The van der Waals surface area contributed by atoms with E-state index in [4.69, 9.17) is 16.3 Å². The van der Waals surface area contributed by atoms with E-state index in [9.17, 15) is 18.0 Å². The fourth-order valence-electron chi connectivity index (χ4n) is 2.53. The lowest BCUT2D eigenvalue weighted by atomic mass is 10.0. The summed E-state index contributed by atoms with van der Waals surface area (Å²) in [4.78, 5) is 24.9. The summed E-state index contributed by atoms with van der Waals surface area (Å²) in [7, 11) is -2.82. The van der Waals surface area contributed by atoms with Crippen molar-refractivity contribution in [1.82, 2.24) is 4.31 Å². The van der Waals surface area contributed by atoms with Gasteiger partial charge in [0.05, 0.1) is 10.8 Å². The molecule has 0 fully saturated rings. The van der Waals surface area contributed by atoms with Gasteiger partial charge in [-0.2, -0.15) is 0 Å². The Labute approximate surface area is 190 Å². The average Bonchev–Trinajstić information content (AvgIpc) is 2.58. The van der Waals surface area contributed by atoms with Crippen LogP contribution in [0.15, 0.2) is 40.9 Å². The van der Waals surface area contributed by atoms with Gasteiger partial charge >= 0.3 is 6.09 Å². The smallest absolute Gasteiger partial charge is 0.423 e. The van der Waals surface area contributed by atoms with Gasteiger partial charge in [-0.1, -0.05) is 39.7 Å². The quantitative estimate of drug-likeness (QED) is 0.501. The Bertz CT molecular complexity index is 1090. The zero-order valence-electron chi connectivity index (χ0n) is 17.3. The third kappa shape index (κ3) is 6.06. The van der Waals surface area contributed by atoms with Gasteiger partial charge < -0.3 is 4.74 Å². The lowest BCUT2D eigenvalue weighted by molar-refractivity contribution is 0.0420. The van der Waals surface area contributed by atoms with Gasteiger partial charge in [-0.3, -0.25) is 4.79 Å². The highest BCUT2D eigenvalue weighted by atomic mass is 79.9. The third-order valence-electron chi connectivity index (χ3n) is 4.06. The van der Waals surface area contributed by atoms with Gasteiger partial charge in [0.15, 0.2) is 5.78 Å². The highest BCUT2D eigenvalue weighted by Crippen LogP contribution is 2.27. The molecule has 0 bridgehead atoms. The van der Waals surface area contributed by atoms with E-state index in [1.807, 2.05) is 6.92 Å². The van der Waals surface area contributed by atoms with Crippen molar-refractivity contribution in [2.24, 2.45) is 0 Å². The number of hydrogen-bond donors (Lipinski definition) is 0. The van der Waals surface area contributed by atoms with E-state index in [1.54, 1.807) is 39.0 Å². The number of aryl methyl sites for hydroxylation is 1. The number of hydrogen-bond acceptors (Lipinski definition) is 5. The SMILES string of the molecule is Cc1ccc(C(=O)c2ccc(CS(=O)(=O)N(C)C(=O)OC(C)(C)C)cc2Br)c(Cl)c1. The molecule has 0 aliphatic carbocycles. The maximum Gasteiger partial charge on any atom is 0.423 e. The molecule has 0 atom stereocenters. The third-order valence-corrected chi connectivity index (χ3v) is 6.71. The number of halogens is 2. The molecule has 0 aliphatic heterocycles. The number of carbonyl (C=O) groups is 2. The van der Waals surface area contributed by atoms with Gasteiger partial charge in [0, 0.05) is 22.6 Å². The molecule has 6 nitrogen and oxygen atoms in total. The molecule has 0 aliphatic rings. The van der Waals surface area contributed by atoms with E-state index in [0.29, 0.717) is 30.5 Å². The number of amides is 1. The maximum atomic E-state index is 12.8. The Morgan fingerprint density at radius 2 is 1.70 bits per heavy atom. The first-order valence-electron chi connectivity index (χ1n) is 9.00. The van der Waals surface area contributed by atoms with Crippen molar-refractivity contribution in [1.29, 1.82) is 0 Å². The monoisotopic (exact) mass is 515 g/mol. The number of benzene rings is 2. The largest absolute Gasteiger partial charge is 0.443 e. The summed E-state index contributed by atoms with van der Waals surface area (Å²) in [6.07, 6.45) is -0.956. The molecule has 0 spiro atoms. The molecule has 162 valence electrons. The van der Waals surface area contributed by atoms with Gasteiger partial charge in [0.1, 0.15) is 5.60 Å². The molecule has 1 amide bonds. The summed E-state index contributed by atoms with van der Waals surface area (Å²) in [5.41, 5.74) is 1.23. The van der Waals surface area contributed by atoms with Crippen LogP contribution in [-0.2, 0) is 20.5 Å². The molecular weight excluding hydrogens is 494 g/mol. The van der Waals surface area contributed by atoms with Crippen LogP contribution in [0.3, 0.4) is 0 Å². The fourth-order valence-corrected chi connectivity index (χ4v) is 4.52. The number of ether oxygens (including phenoxy) is 1. The Morgan fingerprint density at radius 1 is 1.10 bits per heavy atom. The first-order valence-corrected chi connectivity index (χ1v) is 11.8. The van der Waals surface area contributed by atoms with Crippen molar-refractivity contribution < 1.29 is 22.7 Å². The number of rotatable bonds is 5. The topological polar surface area (TPSA) is 80.8 Å². The molecule has 0 aromatic heterocycles. The molecule has 0 radical (unpaired) electrons. The van der Waals surface area contributed by atoms with Crippen molar-refractivity contribution in [2.75, 3.05) is 7.05 Å². The van der Waals surface area contributed by atoms with Crippen molar-refractivity contribution in [3.05, 3.63) is 68.1 Å². The molecule has 0 heterocycles. The molecule has 0 unspecified atom stereocenters. The predicted molar refractivity (Wildman–Crippen MR) is 120 cm³/mol. The molecule has 30 heavy (non-hydrogen) atoms. The summed E-state index contributed by atoms with van der Waals surface area (Å²) in [6, 6.07) is 9.74. The van der Waals surface area contributed by atoms with E-state index in [2.05, 4.69) is 15.9 Å². The highest BCUT2D eigenvalue weighted by molar-refractivity contribution is 9.10. The molecule has 9 heteroatoms. The number of ketones is 1. The molecular formula is C21H23BrClNO5S. The Hall–Kier alpha value is -1.90. The average molecular weight is 517 g/mol. The molecule has 0 N–H and O–H groups in total. The van der Waals surface area contributed by atoms with E-state index in [0.717, 1.165) is 12.6 Å². The summed E-state index contributed by atoms with van der Waals surface area (Å²) < 4.78 is 31.3. The second-order valence-corrected chi connectivity index (χ2v) is 11.1. The van der Waals surface area contributed by atoms with Crippen LogP contribution in [0.5, 0.6) is 0 Å². The Balaban J connectivity index is 2.24. The van der Waals surface area contributed by atoms with Crippen LogP contribution < -0.4 is 0 Å². The van der Waals surface area contributed by atoms with Crippen molar-refractivity contribution in [3.63, 3.8) is 0 Å². The molecule has 0 saturated carbocycles.